The van der Waals surface area contributed by atoms with Gasteiger partial charge in [0.25, 0.3) is 0 Å². The van der Waals surface area contributed by atoms with Gasteiger partial charge in [-0.2, -0.15) is 0 Å². The van der Waals surface area contributed by atoms with E-state index in [1.165, 1.54) is 6.07 Å². The molecule has 2 aromatic carbocycles. The van der Waals surface area contributed by atoms with E-state index in [0.717, 1.165) is 41.5 Å². The average Bonchev–Trinajstić information content (AvgIpc) is 3.10. The molecule has 0 unspecified atom stereocenters. The number of nitrogens with zero attached hydrogens (tertiary/aromatic N) is 3. The van der Waals surface area contributed by atoms with Gasteiger partial charge in [0.15, 0.2) is 5.82 Å². The standard InChI is InChI=1S/C23H20ClF2N5/c1-12-2-14(4-15(24)3-12)17-8-28-9-18(22(17)31-10-13(7-27)11-31)23-29-20-6-16(25)5-19(26)21(20)30-23/h2-6,8-9,13H,7,10-11,27H2,1H3,(H,29,30). The number of anilines is 1. The van der Waals surface area contributed by atoms with Crippen LogP contribution in [0.2, 0.25) is 5.02 Å². The van der Waals surface area contributed by atoms with Gasteiger partial charge in [-0.15, -0.1) is 0 Å². The quantitative estimate of drug-likeness (QED) is 0.473. The molecule has 3 heterocycles. The van der Waals surface area contributed by atoms with Gasteiger partial charge in [0.1, 0.15) is 17.2 Å². The molecule has 8 heteroatoms. The molecule has 0 atom stereocenters. The molecule has 5 nitrogen and oxygen atoms in total. The molecule has 0 saturated carbocycles. The van der Waals surface area contributed by atoms with Crippen LogP contribution in [0.25, 0.3) is 33.5 Å². The smallest absolute Gasteiger partial charge is 0.153 e. The van der Waals surface area contributed by atoms with Crippen LogP contribution >= 0.6 is 11.6 Å². The van der Waals surface area contributed by atoms with Crippen molar-refractivity contribution >= 4 is 28.3 Å². The molecule has 1 aliphatic rings. The van der Waals surface area contributed by atoms with Crippen molar-refractivity contribution in [3.8, 4) is 22.5 Å². The maximum absolute atomic E-state index is 14.3. The zero-order chi connectivity index (χ0) is 21.7. The number of halogens is 3. The van der Waals surface area contributed by atoms with E-state index in [0.29, 0.717) is 34.4 Å². The minimum absolute atomic E-state index is 0.0924. The first-order chi connectivity index (χ1) is 14.9. The number of nitrogens with two attached hydrogens (primary N) is 1. The number of imidazole rings is 1. The van der Waals surface area contributed by atoms with Crippen LogP contribution in [0.15, 0.2) is 42.7 Å². The van der Waals surface area contributed by atoms with Crippen molar-refractivity contribution in [3.63, 3.8) is 0 Å². The maximum atomic E-state index is 14.3. The SMILES string of the molecule is Cc1cc(Cl)cc(-c2cncc(-c3nc4c(F)cc(F)cc4[nH]3)c2N2CC(CN)C2)c1. The average molecular weight is 440 g/mol. The van der Waals surface area contributed by atoms with Crippen molar-refractivity contribution in [2.24, 2.45) is 11.7 Å². The Morgan fingerprint density at radius 3 is 2.65 bits per heavy atom. The summed E-state index contributed by atoms with van der Waals surface area (Å²) in [5.41, 5.74) is 10.7. The maximum Gasteiger partial charge on any atom is 0.153 e. The van der Waals surface area contributed by atoms with Crippen LogP contribution in [-0.4, -0.2) is 34.6 Å². The van der Waals surface area contributed by atoms with Crippen molar-refractivity contribution in [2.45, 2.75) is 6.92 Å². The summed E-state index contributed by atoms with van der Waals surface area (Å²) in [6, 6.07) is 7.91. The predicted octanol–water partition coefficient (Wildman–Crippen LogP) is 4.93. The van der Waals surface area contributed by atoms with Gasteiger partial charge < -0.3 is 15.6 Å². The molecule has 158 valence electrons. The monoisotopic (exact) mass is 439 g/mol. The first-order valence-corrected chi connectivity index (χ1v) is 10.4. The Hall–Kier alpha value is -3.03. The molecule has 3 N–H and O–H groups in total. The Labute approximate surface area is 182 Å². The Bertz CT molecular complexity index is 1280. The summed E-state index contributed by atoms with van der Waals surface area (Å²) >= 11 is 6.32. The van der Waals surface area contributed by atoms with Gasteiger partial charge in [-0.05, 0) is 42.8 Å². The molecule has 2 aromatic heterocycles. The van der Waals surface area contributed by atoms with E-state index in [2.05, 4.69) is 19.9 Å². The fourth-order valence-electron chi connectivity index (χ4n) is 4.14. The Morgan fingerprint density at radius 2 is 1.90 bits per heavy atom. The second kappa shape index (κ2) is 7.59. The number of H-pyrrole nitrogens is 1. The zero-order valence-corrected chi connectivity index (χ0v) is 17.5. The van der Waals surface area contributed by atoms with E-state index in [4.69, 9.17) is 17.3 Å². The number of hydrogen-bond donors (Lipinski definition) is 2. The van der Waals surface area contributed by atoms with Crippen LogP contribution in [0.5, 0.6) is 0 Å². The van der Waals surface area contributed by atoms with Crippen molar-refractivity contribution in [1.29, 1.82) is 0 Å². The molecule has 31 heavy (non-hydrogen) atoms. The highest BCUT2D eigenvalue weighted by Crippen LogP contribution is 2.42. The lowest BCUT2D eigenvalue weighted by Crippen LogP contribution is -2.50. The largest absolute Gasteiger partial charge is 0.370 e. The predicted molar refractivity (Wildman–Crippen MR) is 119 cm³/mol. The number of aryl methyl sites for hydroxylation is 1. The van der Waals surface area contributed by atoms with Crippen LogP contribution in [0, 0.1) is 24.5 Å². The molecule has 4 aromatic rings. The van der Waals surface area contributed by atoms with E-state index in [1.54, 1.807) is 12.4 Å². The fraction of sp³-hybridized carbons (Fsp3) is 0.217. The van der Waals surface area contributed by atoms with Crippen LogP contribution in [0.3, 0.4) is 0 Å². The molecule has 0 bridgehead atoms. The molecule has 0 aliphatic carbocycles. The third-order valence-corrected chi connectivity index (χ3v) is 5.86. The molecule has 1 saturated heterocycles. The fourth-order valence-corrected chi connectivity index (χ4v) is 4.43. The first-order valence-electron chi connectivity index (χ1n) is 9.98. The second-order valence-electron chi connectivity index (χ2n) is 7.98. The lowest BCUT2D eigenvalue weighted by molar-refractivity contribution is 0.421. The number of aromatic amines is 1. The van der Waals surface area contributed by atoms with Gasteiger partial charge in [-0.3, -0.25) is 4.98 Å². The summed E-state index contributed by atoms with van der Waals surface area (Å²) in [6.07, 6.45) is 3.49. The summed E-state index contributed by atoms with van der Waals surface area (Å²) in [6.45, 7) is 4.18. The van der Waals surface area contributed by atoms with Crippen molar-refractivity contribution in [1.82, 2.24) is 15.0 Å². The van der Waals surface area contributed by atoms with Gasteiger partial charge in [0.2, 0.25) is 0 Å². The summed E-state index contributed by atoms with van der Waals surface area (Å²) in [7, 11) is 0. The number of benzene rings is 2. The lowest BCUT2D eigenvalue weighted by atomic mass is 9.94. The summed E-state index contributed by atoms with van der Waals surface area (Å²) in [5, 5.41) is 0.635. The molecule has 1 aliphatic heterocycles. The summed E-state index contributed by atoms with van der Waals surface area (Å²) < 4.78 is 28.0. The zero-order valence-electron chi connectivity index (χ0n) is 16.8. The Kier molecular flexibility index (Phi) is 4.87. The molecule has 0 amide bonds. The van der Waals surface area contributed by atoms with E-state index in [9.17, 15) is 8.78 Å². The number of aromatic nitrogens is 3. The van der Waals surface area contributed by atoms with Gasteiger partial charge >= 0.3 is 0 Å². The van der Waals surface area contributed by atoms with Gasteiger partial charge in [-0.1, -0.05) is 17.7 Å². The number of rotatable bonds is 4. The third-order valence-electron chi connectivity index (χ3n) is 5.64. The molecular formula is C23H20ClF2N5. The van der Waals surface area contributed by atoms with Crippen LogP contribution in [0.4, 0.5) is 14.5 Å². The molecular weight excluding hydrogens is 420 g/mol. The van der Waals surface area contributed by atoms with E-state index in [1.807, 2.05) is 25.1 Å². The minimum Gasteiger partial charge on any atom is -0.370 e. The lowest BCUT2D eigenvalue weighted by Gasteiger charge is -2.42. The van der Waals surface area contributed by atoms with Gasteiger partial charge in [0.05, 0.1) is 16.8 Å². The molecule has 1 fully saturated rings. The highest BCUT2D eigenvalue weighted by Gasteiger charge is 2.31. The van der Waals surface area contributed by atoms with Gasteiger partial charge in [-0.25, -0.2) is 13.8 Å². The Balaban J connectivity index is 1.71. The molecule has 5 rings (SSSR count). The summed E-state index contributed by atoms with van der Waals surface area (Å²) in [4.78, 5) is 14.1. The highest BCUT2D eigenvalue weighted by molar-refractivity contribution is 6.31. The van der Waals surface area contributed by atoms with E-state index >= 15 is 0 Å². The van der Waals surface area contributed by atoms with Crippen molar-refractivity contribution < 1.29 is 8.78 Å². The summed E-state index contributed by atoms with van der Waals surface area (Å²) in [5.74, 6) is -0.535. The normalized spacial score (nSPS) is 14.3. The van der Waals surface area contributed by atoms with Crippen molar-refractivity contribution in [2.75, 3.05) is 24.5 Å². The molecule has 0 radical (unpaired) electrons. The number of pyridine rings is 1. The number of fused-ring (bicyclic) bond motifs is 1. The number of nitrogens with one attached hydrogen (secondary N) is 1. The van der Waals surface area contributed by atoms with Crippen LogP contribution < -0.4 is 10.6 Å². The minimum atomic E-state index is -0.708. The first kappa shape index (κ1) is 19.9. The molecule has 0 spiro atoms. The topological polar surface area (TPSA) is 70.8 Å². The Morgan fingerprint density at radius 1 is 1.13 bits per heavy atom. The van der Waals surface area contributed by atoms with Gasteiger partial charge in [0, 0.05) is 48.1 Å². The second-order valence-corrected chi connectivity index (χ2v) is 8.41. The third kappa shape index (κ3) is 3.54. The number of hydrogen-bond acceptors (Lipinski definition) is 4. The van der Waals surface area contributed by atoms with E-state index in [-0.39, 0.29) is 5.52 Å². The van der Waals surface area contributed by atoms with Crippen molar-refractivity contribution in [3.05, 3.63) is 64.9 Å². The highest BCUT2D eigenvalue weighted by atomic mass is 35.5. The van der Waals surface area contributed by atoms with E-state index < -0.39 is 11.6 Å². The van der Waals surface area contributed by atoms with Crippen LogP contribution in [-0.2, 0) is 0 Å². The van der Waals surface area contributed by atoms with Crippen LogP contribution in [0.1, 0.15) is 5.56 Å².